The summed E-state index contributed by atoms with van der Waals surface area (Å²) in [5, 5.41) is 1.73. The number of benzene rings is 1. The molecule has 2 nitrogen and oxygen atoms in total. The molecule has 3 heteroatoms. The number of aromatic nitrogens is 1. The molecule has 2 aromatic rings. The number of rotatable bonds is 4. The molecule has 21 heavy (non-hydrogen) atoms. The highest BCUT2D eigenvalue weighted by atomic mass is 32.2. The minimum Gasteiger partial charge on any atom is -0.289 e. The van der Waals surface area contributed by atoms with Crippen LogP contribution in [0.3, 0.4) is 0 Å². The van der Waals surface area contributed by atoms with Crippen molar-refractivity contribution in [3.05, 3.63) is 59.8 Å². The van der Waals surface area contributed by atoms with Gasteiger partial charge in [-0.3, -0.25) is 4.79 Å². The molecule has 0 amide bonds. The molecule has 1 heterocycles. The highest BCUT2D eigenvalue weighted by Crippen LogP contribution is 2.32. The van der Waals surface area contributed by atoms with Gasteiger partial charge in [-0.05, 0) is 25.0 Å². The lowest BCUT2D eigenvalue weighted by molar-refractivity contribution is 0.103. The second-order valence-corrected chi connectivity index (χ2v) is 6.78. The van der Waals surface area contributed by atoms with Crippen LogP contribution in [-0.2, 0) is 0 Å². The van der Waals surface area contributed by atoms with Gasteiger partial charge in [-0.2, -0.15) is 0 Å². The summed E-state index contributed by atoms with van der Waals surface area (Å²) in [5.41, 5.74) is 1.38. The second-order valence-electron chi connectivity index (χ2n) is 5.46. The van der Waals surface area contributed by atoms with Crippen molar-refractivity contribution in [2.24, 2.45) is 0 Å². The number of nitrogens with zero attached hydrogens (tertiary/aromatic N) is 1. The Hall–Kier alpha value is -1.61. The smallest absolute Gasteiger partial charge is 0.194 e. The summed E-state index contributed by atoms with van der Waals surface area (Å²) in [6, 6.07) is 13.2. The van der Waals surface area contributed by atoms with Gasteiger partial charge in [0, 0.05) is 22.6 Å². The first-order valence-corrected chi connectivity index (χ1v) is 8.43. The third-order valence-electron chi connectivity index (χ3n) is 3.87. The first kappa shape index (κ1) is 14.3. The monoisotopic (exact) mass is 297 g/mol. The quantitative estimate of drug-likeness (QED) is 0.764. The Morgan fingerprint density at radius 3 is 2.38 bits per heavy atom. The van der Waals surface area contributed by atoms with E-state index in [9.17, 15) is 4.79 Å². The maximum atomic E-state index is 12.3. The van der Waals surface area contributed by atoms with Crippen molar-refractivity contribution in [1.29, 1.82) is 0 Å². The van der Waals surface area contributed by atoms with Crippen molar-refractivity contribution in [3.8, 4) is 0 Å². The van der Waals surface area contributed by atoms with Crippen molar-refractivity contribution in [1.82, 2.24) is 4.98 Å². The summed E-state index contributed by atoms with van der Waals surface area (Å²) in [6.45, 7) is 0. The number of hydrogen-bond acceptors (Lipinski definition) is 3. The van der Waals surface area contributed by atoms with Gasteiger partial charge >= 0.3 is 0 Å². The fourth-order valence-corrected chi connectivity index (χ4v) is 3.86. The van der Waals surface area contributed by atoms with E-state index in [-0.39, 0.29) is 5.78 Å². The van der Waals surface area contributed by atoms with Gasteiger partial charge in [0.25, 0.3) is 0 Å². The molecule has 3 rings (SSSR count). The molecule has 0 atom stereocenters. The lowest BCUT2D eigenvalue weighted by atomic mass is 10.0. The minimum atomic E-state index is 0.0392. The highest BCUT2D eigenvalue weighted by molar-refractivity contribution is 7.99. The Morgan fingerprint density at radius 1 is 0.952 bits per heavy atom. The van der Waals surface area contributed by atoms with E-state index >= 15 is 0 Å². The van der Waals surface area contributed by atoms with E-state index in [4.69, 9.17) is 0 Å². The van der Waals surface area contributed by atoms with E-state index in [0.29, 0.717) is 16.4 Å². The summed E-state index contributed by atoms with van der Waals surface area (Å²) < 4.78 is 0. The van der Waals surface area contributed by atoms with Crippen LogP contribution in [0, 0.1) is 0 Å². The van der Waals surface area contributed by atoms with Gasteiger partial charge in [-0.1, -0.05) is 49.6 Å². The standard InChI is InChI=1S/C18H19NOS/c20-18(14-7-3-1-4-8-14)15-11-12-17(19-13-15)21-16-9-5-2-6-10-16/h1,3-4,7-8,11-13,16H,2,5-6,9-10H2. The summed E-state index contributed by atoms with van der Waals surface area (Å²) in [5.74, 6) is 0.0392. The lowest BCUT2D eigenvalue weighted by Crippen LogP contribution is -2.08. The molecule has 0 N–H and O–H groups in total. The van der Waals surface area contributed by atoms with E-state index in [0.717, 1.165) is 5.03 Å². The third-order valence-corrected chi connectivity index (χ3v) is 5.16. The van der Waals surface area contributed by atoms with Crippen molar-refractivity contribution in [3.63, 3.8) is 0 Å². The van der Waals surface area contributed by atoms with Crippen LogP contribution in [0.5, 0.6) is 0 Å². The third kappa shape index (κ3) is 3.73. The van der Waals surface area contributed by atoms with Gasteiger partial charge in [-0.15, -0.1) is 11.8 Å². The Labute approximate surface area is 130 Å². The molecule has 0 unspecified atom stereocenters. The molecule has 1 aliphatic rings. The topological polar surface area (TPSA) is 30.0 Å². The maximum absolute atomic E-state index is 12.3. The predicted molar refractivity (Wildman–Crippen MR) is 86.8 cm³/mol. The van der Waals surface area contributed by atoms with Crippen LogP contribution in [0.4, 0.5) is 0 Å². The van der Waals surface area contributed by atoms with Crippen molar-refractivity contribution in [2.45, 2.75) is 42.4 Å². The first-order chi connectivity index (χ1) is 10.3. The van der Waals surface area contributed by atoms with Crippen LogP contribution in [-0.4, -0.2) is 16.0 Å². The van der Waals surface area contributed by atoms with Gasteiger partial charge in [0.05, 0.1) is 5.03 Å². The van der Waals surface area contributed by atoms with Crippen molar-refractivity contribution < 1.29 is 4.79 Å². The number of carbonyl (C=O) groups excluding carboxylic acids is 1. The number of carbonyl (C=O) groups is 1. The maximum Gasteiger partial charge on any atom is 0.194 e. The molecule has 0 saturated heterocycles. The van der Waals surface area contributed by atoms with E-state index in [1.165, 1.54) is 32.1 Å². The van der Waals surface area contributed by atoms with Crippen LogP contribution in [0.1, 0.15) is 48.0 Å². The molecule has 0 aliphatic heterocycles. The highest BCUT2D eigenvalue weighted by Gasteiger charge is 2.15. The molecule has 0 radical (unpaired) electrons. The van der Waals surface area contributed by atoms with Crippen LogP contribution in [0.15, 0.2) is 53.7 Å². The van der Waals surface area contributed by atoms with E-state index in [2.05, 4.69) is 4.98 Å². The van der Waals surface area contributed by atoms with E-state index in [1.54, 1.807) is 6.20 Å². The molecule has 1 aromatic carbocycles. The Balaban J connectivity index is 1.67. The van der Waals surface area contributed by atoms with E-state index < -0.39 is 0 Å². The zero-order chi connectivity index (χ0) is 14.5. The fraction of sp³-hybridized carbons (Fsp3) is 0.333. The lowest BCUT2D eigenvalue weighted by Gasteiger charge is -2.20. The van der Waals surface area contributed by atoms with E-state index in [1.807, 2.05) is 54.2 Å². The number of thioether (sulfide) groups is 1. The summed E-state index contributed by atoms with van der Waals surface area (Å²) in [4.78, 5) is 16.8. The zero-order valence-corrected chi connectivity index (χ0v) is 12.8. The van der Waals surface area contributed by atoms with Gasteiger partial charge in [-0.25, -0.2) is 4.98 Å². The molecule has 1 saturated carbocycles. The minimum absolute atomic E-state index is 0.0392. The van der Waals surface area contributed by atoms with Crippen molar-refractivity contribution in [2.75, 3.05) is 0 Å². The predicted octanol–water partition coefficient (Wildman–Crippen LogP) is 4.74. The summed E-state index contributed by atoms with van der Waals surface area (Å²) in [6.07, 6.45) is 8.33. The fourth-order valence-electron chi connectivity index (χ4n) is 2.69. The summed E-state index contributed by atoms with van der Waals surface area (Å²) >= 11 is 1.86. The Morgan fingerprint density at radius 2 is 1.71 bits per heavy atom. The normalized spacial score (nSPS) is 15.8. The first-order valence-electron chi connectivity index (χ1n) is 7.55. The zero-order valence-electron chi connectivity index (χ0n) is 12.0. The largest absolute Gasteiger partial charge is 0.289 e. The van der Waals surface area contributed by atoms with Crippen molar-refractivity contribution >= 4 is 17.5 Å². The van der Waals surface area contributed by atoms with Gasteiger partial charge in [0.2, 0.25) is 0 Å². The van der Waals surface area contributed by atoms with Crippen LogP contribution >= 0.6 is 11.8 Å². The molecule has 1 fully saturated rings. The molecule has 1 aromatic heterocycles. The SMILES string of the molecule is O=C(c1ccccc1)c1ccc(SC2CCCCC2)nc1. The Kier molecular flexibility index (Phi) is 4.71. The van der Waals surface area contributed by atoms with Crippen LogP contribution in [0.2, 0.25) is 0 Å². The van der Waals surface area contributed by atoms with Gasteiger partial charge in [0.1, 0.15) is 0 Å². The van der Waals surface area contributed by atoms with Crippen LogP contribution < -0.4 is 0 Å². The second kappa shape index (κ2) is 6.90. The molecule has 0 bridgehead atoms. The van der Waals surface area contributed by atoms with Gasteiger partial charge < -0.3 is 0 Å². The number of hydrogen-bond donors (Lipinski definition) is 0. The molecule has 108 valence electrons. The Bertz CT molecular complexity index is 588. The average Bonchev–Trinajstić information content (AvgIpc) is 2.57. The van der Waals surface area contributed by atoms with Crippen LogP contribution in [0.25, 0.3) is 0 Å². The molecular weight excluding hydrogens is 278 g/mol. The molecule has 1 aliphatic carbocycles. The average molecular weight is 297 g/mol. The summed E-state index contributed by atoms with van der Waals surface area (Å²) in [7, 11) is 0. The molecular formula is C18H19NOS. The number of pyridine rings is 1. The van der Waals surface area contributed by atoms with Gasteiger partial charge in [0.15, 0.2) is 5.78 Å². The number of ketones is 1. The molecule has 0 spiro atoms.